The Kier molecular flexibility index (Phi) is 2.05. The third kappa shape index (κ3) is 1.61. The molecule has 2 fully saturated rings. The van der Waals surface area contributed by atoms with Gasteiger partial charge in [0.05, 0.1) is 0 Å². The fourth-order valence-electron chi connectivity index (χ4n) is 1.57. The summed E-state index contributed by atoms with van der Waals surface area (Å²) >= 11 is 0. The standard InChI is InChI=1S/C9H16N2O/c1-11(6-8-4-5-10-8)9(12)7-2-3-7/h7-8,10H,2-6H2,1H3. The molecule has 1 saturated carbocycles. The Balaban J connectivity index is 1.74. The molecule has 12 heavy (non-hydrogen) atoms. The topological polar surface area (TPSA) is 32.3 Å². The summed E-state index contributed by atoms with van der Waals surface area (Å²) in [4.78, 5) is 13.4. The van der Waals surface area contributed by atoms with Crippen molar-refractivity contribution in [3.05, 3.63) is 0 Å². The van der Waals surface area contributed by atoms with Gasteiger partial charge in [0.25, 0.3) is 0 Å². The first kappa shape index (κ1) is 8.05. The van der Waals surface area contributed by atoms with E-state index >= 15 is 0 Å². The molecule has 0 radical (unpaired) electrons. The van der Waals surface area contributed by atoms with Gasteiger partial charge in [-0.05, 0) is 25.8 Å². The molecule has 0 aromatic heterocycles. The lowest BCUT2D eigenvalue weighted by Gasteiger charge is -2.31. The predicted molar refractivity (Wildman–Crippen MR) is 46.8 cm³/mol. The van der Waals surface area contributed by atoms with Crippen LogP contribution >= 0.6 is 0 Å². The Morgan fingerprint density at radius 3 is 2.58 bits per heavy atom. The number of carbonyl (C=O) groups is 1. The maximum absolute atomic E-state index is 11.5. The van der Waals surface area contributed by atoms with Gasteiger partial charge in [-0.2, -0.15) is 0 Å². The fraction of sp³-hybridized carbons (Fsp3) is 0.889. The van der Waals surface area contributed by atoms with E-state index < -0.39 is 0 Å². The van der Waals surface area contributed by atoms with Crippen molar-refractivity contribution in [2.24, 2.45) is 5.92 Å². The summed E-state index contributed by atoms with van der Waals surface area (Å²) in [5.74, 6) is 0.721. The highest BCUT2D eigenvalue weighted by Crippen LogP contribution is 2.30. The van der Waals surface area contributed by atoms with Crippen LogP contribution in [0.25, 0.3) is 0 Å². The monoisotopic (exact) mass is 168 g/mol. The van der Waals surface area contributed by atoms with Crippen LogP contribution in [-0.4, -0.2) is 37.0 Å². The molecule has 1 atom stereocenters. The van der Waals surface area contributed by atoms with Gasteiger partial charge in [-0.15, -0.1) is 0 Å². The molecular formula is C9H16N2O. The van der Waals surface area contributed by atoms with Crippen molar-refractivity contribution in [2.45, 2.75) is 25.3 Å². The molecule has 1 amide bonds. The van der Waals surface area contributed by atoms with Crippen LogP contribution in [-0.2, 0) is 4.79 Å². The van der Waals surface area contributed by atoms with E-state index in [1.807, 2.05) is 11.9 Å². The van der Waals surface area contributed by atoms with Crippen molar-refractivity contribution in [3.8, 4) is 0 Å². The van der Waals surface area contributed by atoms with Crippen LogP contribution in [0.3, 0.4) is 0 Å². The van der Waals surface area contributed by atoms with E-state index in [0.29, 0.717) is 17.9 Å². The third-order valence-electron chi connectivity index (χ3n) is 2.72. The van der Waals surface area contributed by atoms with Crippen LogP contribution in [0.5, 0.6) is 0 Å². The zero-order valence-corrected chi connectivity index (χ0v) is 7.55. The molecule has 1 aliphatic heterocycles. The van der Waals surface area contributed by atoms with Crippen LogP contribution in [0.4, 0.5) is 0 Å². The molecule has 1 aliphatic carbocycles. The number of likely N-dealkylation sites (N-methyl/N-ethyl adjacent to an activating group) is 1. The van der Waals surface area contributed by atoms with Gasteiger partial charge in [0.2, 0.25) is 5.91 Å². The first-order valence-electron chi connectivity index (χ1n) is 4.76. The van der Waals surface area contributed by atoms with Crippen molar-refractivity contribution < 1.29 is 4.79 Å². The quantitative estimate of drug-likeness (QED) is 0.653. The SMILES string of the molecule is CN(CC1CCN1)C(=O)C1CC1. The second-order valence-electron chi connectivity index (χ2n) is 3.93. The van der Waals surface area contributed by atoms with Crippen molar-refractivity contribution in [1.82, 2.24) is 10.2 Å². The lowest BCUT2D eigenvalue weighted by molar-refractivity contribution is -0.131. The molecule has 1 saturated heterocycles. The Morgan fingerprint density at radius 2 is 2.17 bits per heavy atom. The van der Waals surface area contributed by atoms with Gasteiger partial charge < -0.3 is 10.2 Å². The van der Waals surface area contributed by atoms with E-state index in [-0.39, 0.29) is 0 Å². The van der Waals surface area contributed by atoms with Gasteiger partial charge in [-0.25, -0.2) is 0 Å². The molecule has 0 spiro atoms. The minimum Gasteiger partial charge on any atom is -0.344 e. The van der Waals surface area contributed by atoms with Gasteiger partial charge in [-0.3, -0.25) is 4.79 Å². The van der Waals surface area contributed by atoms with E-state index in [9.17, 15) is 4.79 Å². The van der Waals surface area contributed by atoms with Crippen molar-refractivity contribution >= 4 is 5.91 Å². The lowest BCUT2D eigenvalue weighted by Crippen LogP contribution is -2.50. The Labute approximate surface area is 73.1 Å². The number of nitrogens with one attached hydrogen (secondary N) is 1. The highest BCUT2D eigenvalue weighted by atomic mass is 16.2. The first-order chi connectivity index (χ1) is 5.77. The van der Waals surface area contributed by atoms with Gasteiger partial charge in [-0.1, -0.05) is 0 Å². The molecule has 3 nitrogen and oxygen atoms in total. The first-order valence-corrected chi connectivity index (χ1v) is 4.76. The number of hydrogen-bond acceptors (Lipinski definition) is 2. The second-order valence-corrected chi connectivity index (χ2v) is 3.93. The zero-order chi connectivity index (χ0) is 8.55. The Hall–Kier alpha value is -0.570. The van der Waals surface area contributed by atoms with Crippen LogP contribution in [0, 0.1) is 5.92 Å². The number of hydrogen-bond donors (Lipinski definition) is 1. The summed E-state index contributed by atoms with van der Waals surface area (Å²) in [6, 6.07) is 0.567. The summed E-state index contributed by atoms with van der Waals surface area (Å²) in [7, 11) is 1.92. The summed E-state index contributed by atoms with van der Waals surface area (Å²) in [5.41, 5.74) is 0. The average Bonchev–Trinajstić information content (AvgIpc) is 2.77. The minimum atomic E-state index is 0.351. The molecule has 3 heteroatoms. The zero-order valence-electron chi connectivity index (χ0n) is 7.55. The third-order valence-corrected chi connectivity index (χ3v) is 2.72. The molecule has 2 rings (SSSR count). The predicted octanol–water partition coefficient (Wildman–Crippen LogP) is 0.217. The van der Waals surface area contributed by atoms with Gasteiger partial charge in [0.15, 0.2) is 0 Å². The summed E-state index contributed by atoms with van der Waals surface area (Å²) < 4.78 is 0. The van der Waals surface area contributed by atoms with Crippen LogP contribution < -0.4 is 5.32 Å². The minimum absolute atomic E-state index is 0.351. The Morgan fingerprint density at radius 1 is 1.50 bits per heavy atom. The normalized spacial score (nSPS) is 27.9. The number of amides is 1. The van der Waals surface area contributed by atoms with E-state index in [1.54, 1.807) is 0 Å². The van der Waals surface area contributed by atoms with E-state index in [2.05, 4.69) is 5.32 Å². The Bertz CT molecular complexity index is 185. The van der Waals surface area contributed by atoms with Crippen LogP contribution in [0.2, 0.25) is 0 Å². The second kappa shape index (κ2) is 3.05. The molecule has 0 aromatic carbocycles. The highest BCUT2D eigenvalue weighted by Gasteiger charge is 2.33. The largest absolute Gasteiger partial charge is 0.344 e. The molecule has 0 aromatic rings. The highest BCUT2D eigenvalue weighted by molar-refractivity contribution is 5.80. The van der Waals surface area contributed by atoms with E-state index in [4.69, 9.17) is 0 Å². The van der Waals surface area contributed by atoms with Gasteiger partial charge in [0.1, 0.15) is 0 Å². The molecule has 68 valence electrons. The fourth-order valence-corrected chi connectivity index (χ4v) is 1.57. The molecule has 1 heterocycles. The maximum Gasteiger partial charge on any atom is 0.225 e. The van der Waals surface area contributed by atoms with E-state index in [1.165, 1.54) is 6.42 Å². The number of rotatable bonds is 3. The van der Waals surface area contributed by atoms with Gasteiger partial charge >= 0.3 is 0 Å². The molecule has 0 bridgehead atoms. The number of nitrogens with zero attached hydrogens (tertiary/aromatic N) is 1. The van der Waals surface area contributed by atoms with Gasteiger partial charge in [0, 0.05) is 25.6 Å². The summed E-state index contributed by atoms with van der Waals surface area (Å²) in [5, 5.41) is 3.30. The molecular weight excluding hydrogens is 152 g/mol. The molecule has 1 N–H and O–H groups in total. The van der Waals surface area contributed by atoms with Crippen molar-refractivity contribution in [1.29, 1.82) is 0 Å². The van der Waals surface area contributed by atoms with Crippen LogP contribution in [0.15, 0.2) is 0 Å². The smallest absolute Gasteiger partial charge is 0.225 e. The van der Waals surface area contributed by atoms with Crippen molar-refractivity contribution in [2.75, 3.05) is 20.1 Å². The average molecular weight is 168 g/mol. The van der Waals surface area contributed by atoms with E-state index in [0.717, 1.165) is 25.9 Å². The summed E-state index contributed by atoms with van der Waals surface area (Å²) in [6.45, 7) is 2.02. The van der Waals surface area contributed by atoms with Crippen LogP contribution in [0.1, 0.15) is 19.3 Å². The number of carbonyl (C=O) groups excluding carboxylic acids is 1. The lowest BCUT2D eigenvalue weighted by atomic mass is 10.1. The maximum atomic E-state index is 11.5. The molecule has 2 aliphatic rings. The van der Waals surface area contributed by atoms with Crippen molar-refractivity contribution in [3.63, 3.8) is 0 Å². The molecule has 1 unspecified atom stereocenters. The summed E-state index contributed by atoms with van der Waals surface area (Å²) in [6.07, 6.45) is 3.45.